The van der Waals surface area contributed by atoms with E-state index in [0.717, 1.165) is 25.1 Å². The molecule has 0 fully saturated rings. The van der Waals surface area contributed by atoms with Crippen LogP contribution in [0.3, 0.4) is 0 Å². The summed E-state index contributed by atoms with van der Waals surface area (Å²) >= 11 is 0. The van der Waals surface area contributed by atoms with Gasteiger partial charge in [-0.05, 0) is 39.7 Å². The smallest absolute Gasteiger partial charge is 0.213 e. The summed E-state index contributed by atoms with van der Waals surface area (Å²) in [4.78, 5) is 6.60. The van der Waals surface area contributed by atoms with Crippen LogP contribution in [0.15, 0.2) is 35.3 Å². The molecule has 1 aromatic carbocycles. The molecule has 0 aliphatic carbocycles. The molecular formula is C20H38IN5O2S. The molecule has 0 bridgehead atoms. The van der Waals surface area contributed by atoms with E-state index in [2.05, 4.69) is 52.9 Å². The lowest BCUT2D eigenvalue weighted by atomic mass is 10.2. The molecule has 9 heteroatoms. The van der Waals surface area contributed by atoms with Crippen molar-refractivity contribution >= 4 is 40.0 Å². The molecule has 1 aromatic rings. The van der Waals surface area contributed by atoms with Gasteiger partial charge in [0, 0.05) is 45.3 Å². The van der Waals surface area contributed by atoms with E-state index in [9.17, 15) is 8.42 Å². The molecular weight excluding hydrogens is 501 g/mol. The zero-order chi connectivity index (χ0) is 21.0. The Labute approximate surface area is 194 Å². The van der Waals surface area contributed by atoms with E-state index in [-0.39, 0.29) is 29.7 Å². The fraction of sp³-hybridized carbons (Fsp3) is 0.650. The van der Waals surface area contributed by atoms with E-state index in [1.807, 2.05) is 30.3 Å². The summed E-state index contributed by atoms with van der Waals surface area (Å²) in [6, 6.07) is 10.5. The normalized spacial score (nSPS) is 12.3. The highest BCUT2D eigenvalue weighted by Crippen LogP contribution is 2.05. The highest BCUT2D eigenvalue weighted by Gasteiger charge is 2.13. The fourth-order valence-corrected chi connectivity index (χ4v) is 3.87. The molecule has 3 N–H and O–H groups in total. The Bertz CT molecular complexity index is 673. The lowest BCUT2D eigenvalue weighted by Gasteiger charge is -2.30. The zero-order valence-electron chi connectivity index (χ0n) is 18.3. The van der Waals surface area contributed by atoms with E-state index in [4.69, 9.17) is 0 Å². The summed E-state index contributed by atoms with van der Waals surface area (Å²) in [5, 5.41) is 6.31. The molecule has 0 heterocycles. The van der Waals surface area contributed by atoms with Gasteiger partial charge in [0.05, 0.1) is 5.75 Å². The topological polar surface area (TPSA) is 85.8 Å². The predicted molar refractivity (Wildman–Crippen MR) is 133 cm³/mol. The quantitative estimate of drug-likeness (QED) is 0.165. The molecule has 0 amide bonds. The standard InChI is InChI=1S/C20H37N5O2S.HI/c1-17(2)25(18(3)4)14-9-12-22-20(21-5)23-13-15-28(26,27)24-16-19-10-7-6-8-11-19;/h6-8,10-11,17-18,24H,9,12-16H2,1-5H3,(H2,21,22,23);1H. The summed E-state index contributed by atoms with van der Waals surface area (Å²) in [5.74, 6) is 0.619. The molecule has 29 heavy (non-hydrogen) atoms. The predicted octanol–water partition coefficient (Wildman–Crippen LogP) is 2.40. The third-order valence-corrected chi connectivity index (χ3v) is 5.76. The van der Waals surface area contributed by atoms with Crippen LogP contribution >= 0.6 is 24.0 Å². The Morgan fingerprint density at radius 2 is 1.62 bits per heavy atom. The van der Waals surface area contributed by atoms with Crippen molar-refractivity contribution in [1.82, 2.24) is 20.3 Å². The van der Waals surface area contributed by atoms with Crippen molar-refractivity contribution in [2.45, 2.75) is 52.7 Å². The number of halogens is 1. The van der Waals surface area contributed by atoms with E-state index < -0.39 is 10.0 Å². The lowest BCUT2D eigenvalue weighted by Crippen LogP contribution is -2.43. The minimum atomic E-state index is -3.34. The number of hydrogen-bond donors (Lipinski definition) is 3. The maximum absolute atomic E-state index is 12.1. The molecule has 0 saturated heterocycles. The number of rotatable bonds is 12. The fourth-order valence-electron chi connectivity index (χ4n) is 2.97. The first-order valence-electron chi connectivity index (χ1n) is 9.96. The van der Waals surface area contributed by atoms with Gasteiger partial charge in [0.2, 0.25) is 10.0 Å². The van der Waals surface area contributed by atoms with Crippen LogP contribution in [0, 0.1) is 0 Å². The molecule has 0 spiro atoms. The van der Waals surface area contributed by atoms with Gasteiger partial charge in [-0.25, -0.2) is 13.1 Å². The van der Waals surface area contributed by atoms with Crippen LogP contribution in [0.5, 0.6) is 0 Å². The second kappa shape index (κ2) is 15.0. The van der Waals surface area contributed by atoms with Crippen molar-refractivity contribution in [3.8, 4) is 0 Å². The largest absolute Gasteiger partial charge is 0.356 e. The molecule has 1 rings (SSSR count). The maximum atomic E-state index is 12.1. The van der Waals surface area contributed by atoms with Gasteiger partial charge in [0.15, 0.2) is 5.96 Å². The molecule has 0 saturated carbocycles. The Kier molecular flexibility index (Phi) is 14.5. The second-order valence-corrected chi connectivity index (χ2v) is 9.26. The van der Waals surface area contributed by atoms with Crippen molar-refractivity contribution in [3.63, 3.8) is 0 Å². The van der Waals surface area contributed by atoms with Crippen molar-refractivity contribution in [2.24, 2.45) is 4.99 Å². The van der Waals surface area contributed by atoms with Gasteiger partial charge in [-0.2, -0.15) is 0 Å². The summed E-state index contributed by atoms with van der Waals surface area (Å²) in [5.41, 5.74) is 0.938. The Hall–Kier alpha value is -0.910. The van der Waals surface area contributed by atoms with Crippen molar-refractivity contribution in [1.29, 1.82) is 0 Å². The third kappa shape index (κ3) is 12.4. The summed E-state index contributed by atoms with van der Waals surface area (Å²) in [7, 11) is -1.65. The molecule has 7 nitrogen and oxygen atoms in total. The summed E-state index contributed by atoms with van der Waals surface area (Å²) in [6.07, 6.45) is 0.994. The molecule has 0 aliphatic heterocycles. The van der Waals surface area contributed by atoms with Crippen LogP contribution in [-0.4, -0.2) is 63.8 Å². The zero-order valence-corrected chi connectivity index (χ0v) is 21.5. The number of benzene rings is 1. The highest BCUT2D eigenvalue weighted by atomic mass is 127. The average Bonchev–Trinajstić information content (AvgIpc) is 2.65. The van der Waals surface area contributed by atoms with Gasteiger partial charge in [-0.1, -0.05) is 30.3 Å². The van der Waals surface area contributed by atoms with E-state index in [1.54, 1.807) is 7.05 Å². The van der Waals surface area contributed by atoms with Gasteiger partial charge in [-0.15, -0.1) is 24.0 Å². The number of guanidine groups is 1. The first-order chi connectivity index (χ1) is 13.2. The molecule has 0 aromatic heterocycles. The lowest BCUT2D eigenvalue weighted by molar-refractivity contribution is 0.173. The van der Waals surface area contributed by atoms with E-state index >= 15 is 0 Å². The van der Waals surface area contributed by atoms with Gasteiger partial charge >= 0.3 is 0 Å². The SMILES string of the molecule is CN=C(NCCCN(C(C)C)C(C)C)NCCS(=O)(=O)NCc1ccccc1.I. The average molecular weight is 540 g/mol. The Morgan fingerprint density at radius 3 is 2.17 bits per heavy atom. The molecule has 168 valence electrons. The number of hydrogen-bond acceptors (Lipinski definition) is 4. The third-order valence-electron chi connectivity index (χ3n) is 4.44. The number of nitrogens with zero attached hydrogens (tertiary/aromatic N) is 2. The van der Waals surface area contributed by atoms with Gasteiger partial charge in [-0.3, -0.25) is 9.89 Å². The van der Waals surface area contributed by atoms with E-state index in [0.29, 0.717) is 31.1 Å². The Morgan fingerprint density at radius 1 is 1.03 bits per heavy atom. The number of sulfonamides is 1. The maximum Gasteiger partial charge on any atom is 0.213 e. The van der Waals surface area contributed by atoms with Gasteiger partial charge < -0.3 is 10.6 Å². The first-order valence-corrected chi connectivity index (χ1v) is 11.6. The van der Waals surface area contributed by atoms with Gasteiger partial charge in [0.25, 0.3) is 0 Å². The minimum absolute atomic E-state index is 0. The van der Waals surface area contributed by atoms with Crippen LogP contribution in [0.1, 0.15) is 39.7 Å². The van der Waals surface area contributed by atoms with Crippen LogP contribution < -0.4 is 15.4 Å². The minimum Gasteiger partial charge on any atom is -0.356 e. The molecule has 0 atom stereocenters. The molecule has 0 unspecified atom stereocenters. The van der Waals surface area contributed by atoms with Crippen molar-refractivity contribution < 1.29 is 8.42 Å². The first kappa shape index (κ1) is 28.1. The summed E-state index contributed by atoms with van der Waals surface area (Å²) < 4.78 is 26.9. The molecule has 0 aliphatic rings. The molecule has 0 radical (unpaired) electrons. The second-order valence-electron chi connectivity index (χ2n) is 7.33. The summed E-state index contributed by atoms with van der Waals surface area (Å²) in [6.45, 7) is 11.2. The van der Waals surface area contributed by atoms with Crippen LogP contribution in [0.2, 0.25) is 0 Å². The van der Waals surface area contributed by atoms with Crippen LogP contribution in [0.4, 0.5) is 0 Å². The van der Waals surface area contributed by atoms with E-state index in [1.165, 1.54) is 0 Å². The van der Waals surface area contributed by atoms with Crippen molar-refractivity contribution in [3.05, 3.63) is 35.9 Å². The Balaban J connectivity index is 0.00000784. The van der Waals surface area contributed by atoms with Crippen molar-refractivity contribution in [2.75, 3.05) is 32.4 Å². The number of aliphatic imine (C=N–C) groups is 1. The number of nitrogens with one attached hydrogen (secondary N) is 3. The van der Waals surface area contributed by atoms with Crippen LogP contribution in [-0.2, 0) is 16.6 Å². The monoisotopic (exact) mass is 539 g/mol. The van der Waals surface area contributed by atoms with Gasteiger partial charge in [0.1, 0.15) is 0 Å². The highest BCUT2D eigenvalue weighted by molar-refractivity contribution is 14.0. The van der Waals surface area contributed by atoms with Crippen LogP contribution in [0.25, 0.3) is 0 Å².